The number of hydrogen-bond donors (Lipinski definition) is 5. The highest BCUT2D eigenvalue weighted by molar-refractivity contribution is 6.05. The van der Waals surface area contributed by atoms with E-state index in [-0.39, 0.29) is 11.5 Å². The first kappa shape index (κ1) is 43.1. The summed E-state index contributed by atoms with van der Waals surface area (Å²) in [7, 11) is 2.81. The number of pyridine rings is 4. The molecule has 10 rings (SSSR count). The van der Waals surface area contributed by atoms with E-state index < -0.39 is 5.97 Å². The van der Waals surface area contributed by atoms with E-state index in [1.165, 1.54) is 14.2 Å². The molecule has 328 valence electrons. The van der Waals surface area contributed by atoms with Crippen molar-refractivity contribution < 1.29 is 33.8 Å². The SMILES string of the molecule is CON.CONC(=O)c1cc2ccc(NCCN3CCOCC3)nc2n2c1nc1ccccc12.O=C(O)c1cc2ccc(NCCN3CCOCC3)nc2n2c1nc1ccccc12. The number of anilines is 2. The molecule has 6 aromatic heterocycles. The number of benzene rings is 2. The molecule has 0 saturated carbocycles. The van der Waals surface area contributed by atoms with Gasteiger partial charge in [0.15, 0.2) is 11.3 Å². The van der Waals surface area contributed by atoms with Crippen LogP contribution in [0.25, 0.3) is 55.4 Å². The molecule has 19 heteroatoms. The number of aromatic carboxylic acids is 1. The molecule has 2 saturated heterocycles. The fourth-order valence-electron chi connectivity index (χ4n) is 7.79. The molecule has 0 bridgehead atoms. The molecule has 8 heterocycles. The van der Waals surface area contributed by atoms with Crippen molar-refractivity contribution in [2.75, 3.05) is 104 Å². The van der Waals surface area contributed by atoms with Crippen LogP contribution in [0.1, 0.15) is 20.7 Å². The summed E-state index contributed by atoms with van der Waals surface area (Å²) >= 11 is 0. The topological polar surface area (TPSA) is 220 Å². The number of nitrogens with two attached hydrogens (primary N) is 1. The van der Waals surface area contributed by atoms with Gasteiger partial charge < -0.3 is 30.1 Å². The Morgan fingerprint density at radius 2 is 1.10 bits per heavy atom. The van der Waals surface area contributed by atoms with E-state index in [0.717, 1.165) is 129 Å². The number of ether oxygens (including phenoxy) is 2. The van der Waals surface area contributed by atoms with Gasteiger partial charge in [-0.3, -0.25) is 28.2 Å². The lowest BCUT2D eigenvalue weighted by atomic mass is 10.2. The van der Waals surface area contributed by atoms with E-state index in [9.17, 15) is 14.7 Å². The molecule has 0 aliphatic carbocycles. The normalized spacial score (nSPS) is 14.7. The van der Waals surface area contributed by atoms with Crippen molar-refractivity contribution in [1.82, 2.24) is 44.0 Å². The quantitative estimate of drug-likeness (QED) is 0.116. The number of carbonyl (C=O) groups is 2. The number of rotatable bonds is 11. The number of carboxylic acids is 1. The lowest BCUT2D eigenvalue weighted by molar-refractivity contribution is 0.0398. The summed E-state index contributed by atoms with van der Waals surface area (Å²) in [6.07, 6.45) is 0. The summed E-state index contributed by atoms with van der Waals surface area (Å²) in [5, 5.41) is 18.1. The van der Waals surface area contributed by atoms with Crippen LogP contribution in [0.2, 0.25) is 0 Å². The summed E-state index contributed by atoms with van der Waals surface area (Å²) in [6, 6.07) is 26.5. The molecule has 8 aromatic rings. The van der Waals surface area contributed by atoms with Gasteiger partial charge in [0.05, 0.1) is 68.3 Å². The highest BCUT2D eigenvalue weighted by Gasteiger charge is 2.20. The van der Waals surface area contributed by atoms with Gasteiger partial charge in [-0.1, -0.05) is 24.3 Å². The summed E-state index contributed by atoms with van der Waals surface area (Å²) < 4.78 is 14.6. The zero-order valence-corrected chi connectivity index (χ0v) is 35.1. The molecule has 0 atom stereocenters. The summed E-state index contributed by atoms with van der Waals surface area (Å²) in [5.41, 5.74) is 8.66. The number of imidazole rings is 2. The van der Waals surface area contributed by atoms with E-state index in [1.54, 1.807) is 12.1 Å². The average Bonchev–Trinajstić information content (AvgIpc) is 3.90. The van der Waals surface area contributed by atoms with Crippen LogP contribution in [0.3, 0.4) is 0 Å². The fourth-order valence-corrected chi connectivity index (χ4v) is 7.79. The number of morpholine rings is 2. The molecule has 2 aliphatic heterocycles. The van der Waals surface area contributed by atoms with Crippen molar-refractivity contribution >= 4 is 78.9 Å². The summed E-state index contributed by atoms with van der Waals surface area (Å²) in [4.78, 5) is 56.6. The summed E-state index contributed by atoms with van der Waals surface area (Å²) in [6.45, 7) is 10.4. The van der Waals surface area contributed by atoms with Crippen molar-refractivity contribution in [3.05, 3.63) is 96.1 Å². The minimum atomic E-state index is -1.00. The van der Waals surface area contributed by atoms with Gasteiger partial charge in [-0.2, -0.15) is 0 Å². The Bertz CT molecular complexity index is 2870. The second-order valence-corrected chi connectivity index (χ2v) is 14.8. The van der Waals surface area contributed by atoms with E-state index in [0.29, 0.717) is 22.5 Å². The maximum absolute atomic E-state index is 12.6. The first-order valence-electron chi connectivity index (χ1n) is 20.7. The molecule has 2 fully saturated rings. The molecule has 1 amide bonds. The van der Waals surface area contributed by atoms with Crippen LogP contribution >= 0.6 is 0 Å². The van der Waals surface area contributed by atoms with E-state index in [2.05, 4.69) is 46.6 Å². The number of carboxylic acid groups (broad SMARTS) is 1. The third-order valence-corrected chi connectivity index (χ3v) is 10.8. The minimum Gasteiger partial charge on any atom is -0.478 e. The van der Waals surface area contributed by atoms with Crippen LogP contribution in [0.15, 0.2) is 84.9 Å². The predicted octanol–water partition coefficient (Wildman–Crippen LogP) is 4.06. The van der Waals surface area contributed by atoms with Gasteiger partial charge >= 0.3 is 5.97 Å². The second-order valence-electron chi connectivity index (χ2n) is 14.8. The van der Waals surface area contributed by atoms with Crippen molar-refractivity contribution in [3.63, 3.8) is 0 Å². The zero-order chi connectivity index (χ0) is 43.7. The Labute approximate surface area is 361 Å². The van der Waals surface area contributed by atoms with Crippen LogP contribution in [-0.4, -0.2) is 149 Å². The monoisotopic (exact) mass is 858 g/mol. The minimum absolute atomic E-state index is 0.170. The number of hydrogen-bond acceptors (Lipinski definition) is 15. The largest absolute Gasteiger partial charge is 0.478 e. The third-order valence-electron chi connectivity index (χ3n) is 10.8. The number of para-hydroxylation sites is 4. The molecule has 0 unspecified atom stereocenters. The molecule has 6 N–H and O–H groups in total. The Morgan fingerprint density at radius 1 is 0.651 bits per heavy atom. The Morgan fingerprint density at radius 3 is 1.56 bits per heavy atom. The first-order chi connectivity index (χ1) is 30.9. The van der Waals surface area contributed by atoms with Gasteiger partial charge in [-0.25, -0.2) is 36.1 Å². The molecule has 0 radical (unpaired) electrons. The van der Waals surface area contributed by atoms with E-state index in [4.69, 9.17) is 24.3 Å². The van der Waals surface area contributed by atoms with Crippen LogP contribution < -0.4 is 22.0 Å². The molecule has 2 aromatic carbocycles. The van der Waals surface area contributed by atoms with E-state index >= 15 is 0 Å². The lowest BCUT2D eigenvalue weighted by Crippen LogP contribution is -2.39. The maximum atomic E-state index is 12.6. The number of hydroxylamine groups is 1. The van der Waals surface area contributed by atoms with Gasteiger partial charge in [0.25, 0.3) is 5.91 Å². The van der Waals surface area contributed by atoms with Crippen molar-refractivity contribution in [3.8, 4) is 0 Å². The molecular formula is C44H50N12O7. The van der Waals surface area contributed by atoms with Gasteiger partial charge in [-0.05, 0) is 60.7 Å². The lowest BCUT2D eigenvalue weighted by Gasteiger charge is -2.26. The molecular weight excluding hydrogens is 809 g/mol. The smallest absolute Gasteiger partial charge is 0.339 e. The van der Waals surface area contributed by atoms with Crippen molar-refractivity contribution in [2.24, 2.45) is 5.90 Å². The average molecular weight is 859 g/mol. The van der Waals surface area contributed by atoms with Crippen LogP contribution in [0.5, 0.6) is 0 Å². The summed E-state index contributed by atoms with van der Waals surface area (Å²) in [5.74, 6) is 4.54. The van der Waals surface area contributed by atoms with Crippen LogP contribution in [-0.2, 0) is 19.1 Å². The number of fused-ring (bicyclic) bond motifs is 10. The van der Waals surface area contributed by atoms with Gasteiger partial charge in [0, 0.05) is 63.1 Å². The number of nitrogens with zero attached hydrogens (tertiary/aromatic N) is 8. The van der Waals surface area contributed by atoms with Gasteiger partial charge in [0.1, 0.15) is 28.5 Å². The number of nitrogens with one attached hydrogen (secondary N) is 3. The highest BCUT2D eigenvalue weighted by Crippen LogP contribution is 2.28. The van der Waals surface area contributed by atoms with Gasteiger partial charge in [0.2, 0.25) is 0 Å². The second kappa shape index (κ2) is 20.1. The number of amides is 1. The Balaban J connectivity index is 0.000000163. The first-order valence-corrected chi connectivity index (χ1v) is 20.7. The number of aromatic nitrogens is 6. The fraction of sp³-hybridized carbons (Fsp3) is 0.318. The zero-order valence-electron chi connectivity index (χ0n) is 35.1. The Hall–Kier alpha value is -6.58. The maximum Gasteiger partial charge on any atom is 0.339 e. The predicted molar refractivity (Wildman–Crippen MR) is 240 cm³/mol. The standard InChI is InChI=1S/C22H24N6O3.C21H21N5O3.CH5NO/c1-30-26-22(29)16-14-15-6-7-19(23-8-9-27-10-12-31-13-11-27)25-20(15)28-18-5-3-2-4-17(18)24-21(16)28;27-21(28)15-13-14-5-6-18(22-7-8-25-9-11-29-12-10-25)24-19(14)26-17-4-2-1-3-16(17)23-20(15)26;1-3-2/h2-7,14H,8-13H2,1H3,(H,23,25)(H,26,29);1-6,13H,7-12H2,(H,22,24)(H,27,28);2H2,1H3. The van der Waals surface area contributed by atoms with Crippen molar-refractivity contribution in [2.45, 2.75) is 0 Å². The van der Waals surface area contributed by atoms with Crippen molar-refractivity contribution in [1.29, 1.82) is 0 Å². The molecule has 2 aliphatic rings. The highest BCUT2D eigenvalue weighted by atomic mass is 16.6. The Kier molecular flexibility index (Phi) is 13.7. The molecule has 19 nitrogen and oxygen atoms in total. The van der Waals surface area contributed by atoms with Crippen LogP contribution in [0.4, 0.5) is 11.6 Å². The van der Waals surface area contributed by atoms with E-state index in [1.807, 2.05) is 81.6 Å². The van der Waals surface area contributed by atoms with Crippen LogP contribution in [0, 0.1) is 0 Å². The van der Waals surface area contributed by atoms with Gasteiger partial charge in [-0.15, -0.1) is 0 Å². The molecule has 0 spiro atoms. The number of carbonyl (C=O) groups excluding carboxylic acids is 1. The third kappa shape index (κ3) is 9.59. The molecule has 63 heavy (non-hydrogen) atoms.